The average molecular weight is 274 g/mol. The van der Waals surface area contributed by atoms with Gasteiger partial charge in [0.05, 0.1) is 12.1 Å². The highest BCUT2D eigenvalue weighted by Gasteiger charge is 2.10. The summed E-state index contributed by atoms with van der Waals surface area (Å²) in [6.45, 7) is 2.21. The minimum atomic E-state index is -0.362. The molecule has 1 aromatic rings. The number of aliphatic hydroxyl groups excluding tert-OH is 1. The highest BCUT2D eigenvalue weighted by molar-refractivity contribution is 5.98. The SMILES string of the molecule is CCCNC(=O)CNC(=O)c1ccccc1C#CCO. The Kier molecular flexibility index (Phi) is 6.87. The number of rotatable bonds is 5. The monoisotopic (exact) mass is 274 g/mol. The molecule has 0 saturated carbocycles. The number of nitrogens with one attached hydrogen (secondary N) is 2. The lowest BCUT2D eigenvalue weighted by Gasteiger charge is -2.07. The third kappa shape index (κ3) is 5.12. The van der Waals surface area contributed by atoms with Crippen molar-refractivity contribution in [3.63, 3.8) is 0 Å². The van der Waals surface area contributed by atoms with Crippen molar-refractivity contribution < 1.29 is 14.7 Å². The molecule has 106 valence electrons. The Hall–Kier alpha value is -2.32. The van der Waals surface area contributed by atoms with Gasteiger partial charge in [-0.2, -0.15) is 0 Å². The first-order valence-electron chi connectivity index (χ1n) is 6.42. The number of hydrogen-bond donors (Lipinski definition) is 3. The summed E-state index contributed by atoms with van der Waals surface area (Å²) in [5, 5.41) is 13.9. The van der Waals surface area contributed by atoms with Crippen molar-refractivity contribution in [3.05, 3.63) is 35.4 Å². The molecule has 0 spiro atoms. The molecule has 0 fully saturated rings. The molecule has 3 N–H and O–H groups in total. The standard InChI is InChI=1S/C15H18N2O3/c1-2-9-16-14(19)11-17-15(20)13-8-4-3-6-12(13)7-5-10-18/h3-4,6,8,18H,2,9-11H2,1H3,(H,16,19)(H,17,20). The Balaban J connectivity index is 2.66. The maximum atomic E-state index is 12.0. The van der Waals surface area contributed by atoms with Crippen molar-refractivity contribution in [2.24, 2.45) is 0 Å². The molecule has 1 aromatic carbocycles. The lowest BCUT2D eigenvalue weighted by molar-refractivity contribution is -0.120. The van der Waals surface area contributed by atoms with Crippen molar-refractivity contribution in [2.45, 2.75) is 13.3 Å². The van der Waals surface area contributed by atoms with Crippen LogP contribution in [0, 0.1) is 11.8 Å². The molecule has 0 aromatic heterocycles. The third-order valence-electron chi connectivity index (χ3n) is 2.46. The fraction of sp³-hybridized carbons (Fsp3) is 0.333. The Morgan fingerprint density at radius 1 is 1.25 bits per heavy atom. The van der Waals surface area contributed by atoms with Crippen LogP contribution in [0.15, 0.2) is 24.3 Å². The molecule has 0 saturated heterocycles. The van der Waals surface area contributed by atoms with Gasteiger partial charge in [0.15, 0.2) is 0 Å². The van der Waals surface area contributed by atoms with E-state index < -0.39 is 0 Å². The minimum absolute atomic E-state index is 0.0689. The predicted octanol–water partition coefficient (Wildman–Crippen LogP) is 0.286. The first-order chi connectivity index (χ1) is 9.69. The van der Waals surface area contributed by atoms with E-state index in [1.807, 2.05) is 6.92 Å². The number of hydrogen-bond acceptors (Lipinski definition) is 3. The summed E-state index contributed by atoms with van der Waals surface area (Å²) >= 11 is 0. The lowest BCUT2D eigenvalue weighted by atomic mass is 10.1. The zero-order valence-corrected chi connectivity index (χ0v) is 11.4. The maximum Gasteiger partial charge on any atom is 0.252 e. The molecule has 0 aliphatic carbocycles. The molecule has 1 rings (SSSR count). The third-order valence-corrected chi connectivity index (χ3v) is 2.46. The van der Waals surface area contributed by atoms with Crippen LogP contribution in [-0.4, -0.2) is 36.6 Å². The van der Waals surface area contributed by atoms with Crippen molar-refractivity contribution in [2.75, 3.05) is 19.7 Å². The van der Waals surface area contributed by atoms with Crippen LogP contribution in [0.3, 0.4) is 0 Å². The van der Waals surface area contributed by atoms with Crippen LogP contribution in [-0.2, 0) is 4.79 Å². The van der Waals surface area contributed by atoms with Crippen LogP contribution < -0.4 is 10.6 Å². The average Bonchev–Trinajstić information content (AvgIpc) is 2.48. The van der Waals surface area contributed by atoms with Gasteiger partial charge in [0.2, 0.25) is 5.91 Å². The fourth-order valence-corrected chi connectivity index (χ4v) is 1.51. The van der Waals surface area contributed by atoms with Crippen molar-refractivity contribution in [3.8, 4) is 11.8 Å². The molecule has 0 aliphatic rings. The van der Waals surface area contributed by atoms with Gasteiger partial charge in [0.1, 0.15) is 6.61 Å². The van der Waals surface area contributed by atoms with Crippen LogP contribution in [0.1, 0.15) is 29.3 Å². The van der Waals surface area contributed by atoms with Crippen molar-refractivity contribution >= 4 is 11.8 Å². The van der Waals surface area contributed by atoms with Gasteiger partial charge in [0, 0.05) is 12.1 Å². The van der Waals surface area contributed by atoms with E-state index in [1.54, 1.807) is 24.3 Å². The summed E-state index contributed by atoms with van der Waals surface area (Å²) in [4.78, 5) is 23.4. The van der Waals surface area contributed by atoms with Gasteiger partial charge >= 0.3 is 0 Å². The predicted molar refractivity (Wildman–Crippen MR) is 76.0 cm³/mol. The Labute approximate surface area is 118 Å². The number of benzene rings is 1. The second-order valence-electron chi connectivity index (χ2n) is 4.04. The van der Waals surface area contributed by atoms with Crippen LogP contribution in [0.5, 0.6) is 0 Å². The highest BCUT2D eigenvalue weighted by atomic mass is 16.2. The van der Waals surface area contributed by atoms with E-state index in [1.165, 1.54) is 0 Å². The van der Waals surface area contributed by atoms with Gasteiger partial charge in [0.25, 0.3) is 5.91 Å². The van der Waals surface area contributed by atoms with Crippen LogP contribution in [0.25, 0.3) is 0 Å². The molecule has 0 unspecified atom stereocenters. The minimum Gasteiger partial charge on any atom is -0.384 e. The quantitative estimate of drug-likeness (QED) is 0.675. The molecule has 5 heteroatoms. The molecule has 0 heterocycles. The van der Waals surface area contributed by atoms with E-state index >= 15 is 0 Å². The first kappa shape index (κ1) is 15.7. The van der Waals surface area contributed by atoms with E-state index in [4.69, 9.17) is 5.11 Å². The number of aliphatic hydroxyl groups is 1. The summed E-state index contributed by atoms with van der Waals surface area (Å²) in [6, 6.07) is 6.79. The topological polar surface area (TPSA) is 78.4 Å². The van der Waals surface area contributed by atoms with Gasteiger partial charge in [-0.1, -0.05) is 30.9 Å². The summed E-state index contributed by atoms with van der Waals surface area (Å²) < 4.78 is 0. The second-order valence-corrected chi connectivity index (χ2v) is 4.04. The van der Waals surface area contributed by atoms with Gasteiger partial charge < -0.3 is 15.7 Å². The summed E-state index contributed by atoms with van der Waals surface area (Å²) in [6.07, 6.45) is 0.846. The number of carbonyl (C=O) groups is 2. The Bertz CT molecular complexity index is 529. The van der Waals surface area contributed by atoms with Crippen LogP contribution >= 0.6 is 0 Å². The number of carbonyl (C=O) groups excluding carboxylic acids is 2. The first-order valence-corrected chi connectivity index (χ1v) is 6.42. The zero-order chi connectivity index (χ0) is 14.8. The van der Waals surface area contributed by atoms with Crippen LogP contribution in [0.4, 0.5) is 0 Å². The summed E-state index contributed by atoms with van der Waals surface area (Å²) in [7, 11) is 0. The van der Waals surface area contributed by atoms with Crippen LogP contribution in [0.2, 0.25) is 0 Å². The smallest absolute Gasteiger partial charge is 0.252 e. The lowest BCUT2D eigenvalue weighted by Crippen LogP contribution is -2.37. The second kappa shape index (κ2) is 8.73. The molecular weight excluding hydrogens is 256 g/mol. The van der Waals surface area contributed by atoms with E-state index in [2.05, 4.69) is 22.5 Å². The van der Waals surface area contributed by atoms with E-state index in [9.17, 15) is 9.59 Å². The molecule has 0 atom stereocenters. The number of amides is 2. The zero-order valence-electron chi connectivity index (χ0n) is 11.4. The van der Waals surface area contributed by atoms with E-state index in [-0.39, 0.29) is 25.0 Å². The summed E-state index contributed by atoms with van der Waals surface area (Å²) in [5.74, 6) is 4.62. The molecule has 0 aliphatic heterocycles. The molecular formula is C15H18N2O3. The molecule has 20 heavy (non-hydrogen) atoms. The molecule has 0 radical (unpaired) electrons. The van der Waals surface area contributed by atoms with Gasteiger partial charge in [-0.15, -0.1) is 0 Å². The highest BCUT2D eigenvalue weighted by Crippen LogP contribution is 2.06. The van der Waals surface area contributed by atoms with Gasteiger partial charge in [-0.25, -0.2) is 0 Å². The fourth-order valence-electron chi connectivity index (χ4n) is 1.51. The Morgan fingerprint density at radius 2 is 2.00 bits per heavy atom. The van der Waals surface area contributed by atoms with Crippen molar-refractivity contribution in [1.29, 1.82) is 0 Å². The van der Waals surface area contributed by atoms with E-state index in [0.29, 0.717) is 17.7 Å². The molecule has 2 amide bonds. The Morgan fingerprint density at radius 3 is 2.70 bits per heavy atom. The summed E-state index contributed by atoms with van der Waals surface area (Å²) in [5.41, 5.74) is 0.907. The largest absolute Gasteiger partial charge is 0.384 e. The normalized spacial score (nSPS) is 9.30. The maximum absolute atomic E-state index is 12.0. The van der Waals surface area contributed by atoms with Crippen molar-refractivity contribution in [1.82, 2.24) is 10.6 Å². The van der Waals surface area contributed by atoms with Gasteiger partial charge in [-0.3, -0.25) is 9.59 Å². The molecule has 5 nitrogen and oxygen atoms in total. The van der Waals surface area contributed by atoms with Gasteiger partial charge in [-0.05, 0) is 18.6 Å². The van der Waals surface area contributed by atoms with E-state index in [0.717, 1.165) is 6.42 Å². The molecule has 0 bridgehead atoms.